The molecule has 0 amide bonds. The summed E-state index contributed by atoms with van der Waals surface area (Å²) in [6, 6.07) is 12.0. The molecule has 0 saturated heterocycles. The quantitative estimate of drug-likeness (QED) is 0.374. The molecule has 3 aromatic rings. The molecule has 142 valence electrons. The first-order valence-electron chi connectivity index (χ1n) is 8.09. The molecular formula is C19H14N2O6S. The highest BCUT2D eigenvalue weighted by Gasteiger charge is 2.19. The van der Waals surface area contributed by atoms with E-state index in [-0.39, 0.29) is 5.75 Å². The van der Waals surface area contributed by atoms with Crippen LogP contribution in [0.1, 0.15) is 6.42 Å². The predicted octanol–water partition coefficient (Wildman–Crippen LogP) is 1.39. The standard InChI is InChI=1S/C19H14N2O6S/c20-13(9-15(22)23)18(25)27-11-6-7-12-14(8-11)28-19(26)17(24)21-16(12)10-4-2-1-3-5-10/h1-8,13H,9,20H2,(H,22,23)/t13-/m0/s1. The molecule has 1 heterocycles. The number of benzene rings is 2. The van der Waals surface area contributed by atoms with Crippen molar-refractivity contribution in [3.63, 3.8) is 0 Å². The van der Waals surface area contributed by atoms with Gasteiger partial charge in [0.15, 0.2) is 0 Å². The smallest absolute Gasteiger partial charge is 0.328 e. The van der Waals surface area contributed by atoms with E-state index in [0.717, 1.165) is 0 Å². The number of esters is 1. The largest absolute Gasteiger partial charge is 0.481 e. The second-order valence-corrected chi connectivity index (χ2v) is 6.82. The molecule has 3 rings (SSSR count). The maximum absolute atomic E-state index is 12.0. The number of ether oxygens (including phenoxy) is 1. The number of nitrogens with two attached hydrogens (primary N) is 1. The molecule has 0 aliphatic carbocycles. The summed E-state index contributed by atoms with van der Waals surface area (Å²) >= 11 is 0.680. The van der Waals surface area contributed by atoms with E-state index < -0.39 is 34.7 Å². The van der Waals surface area contributed by atoms with E-state index in [1.165, 1.54) is 12.1 Å². The lowest BCUT2D eigenvalue weighted by molar-refractivity contribution is -0.143. The molecule has 0 unspecified atom stereocenters. The van der Waals surface area contributed by atoms with Crippen molar-refractivity contribution in [1.29, 1.82) is 0 Å². The van der Waals surface area contributed by atoms with E-state index in [9.17, 15) is 19.2 Å². The number of carbonyl (C=O) groups is 2. The average molecular weight is 398 g/mol. The van der Waals surface area contributed by atoms with Crippen molar-refractivity contribution < 1.29 is 19.4 Å². The summed E-state index contributed by atoms with van der Waals surface area (Å²) in [5.41, 5.74) is 5.59. The SMILES string of the molecule is N[C@@H](CC(=O)O)C(=O)Oc1ccc2c(-c3ccccc3)nc(=O)c(=O)sc2c1. The van der Waals surface area contributed by atoms with Gasteiger partial charge >= 0.3 is 17.5 Å². The van der Waals surface area contributed by atoms with E-state index in [1.54, 1.807) is 30.3 Å². The molecule has 1 aromatic heterocycles. The first-order chi connectivity index (χ1) is 13.3. The fourth-order valence-corrected chi connectivity index (χ4v) is 3.26. The highest BCUT2D eigenvalue weighted by atomic mass is 32.1. The third kappa shape index (κ3) is 4.27. The number of nitrogens with zero attached hydrogens (tertiary/aromatic N) is 1. The van der Waals surface area contributed by atoms with Crippen molar-refractivity contribution in [1.82, 2.24) is 4.98 Å². The predicted molar refractivity (Wildman–Crippen MR) is 103 cm³/mol. The zero-order chi connectivity index (χ0) is 20.3. The lowest BCUT2D eigenvalue weighted by Crippen LogP contribution is -2.36. The second kappa shape index (κ2) is 8.07. The van der Waals surface area contributed by atoms with Gasteiger partial charge in [-0.3, -0.25) is 14.4 Å². The Morgan fingerprint density at radius 1 is 1.14 bits per heavy atom. The Morgan fingerprint density at radius 3 is 2.54 bits per heavy atom. The number of carbonyl (C=O) groups excluding carboxylic acids is 1. The van der Waals surface area contributed by atoms with Crippen LogP contribution < -0.4 is 20.8 Å². The molecule has 0 aliphatic rings. The van der Waals surface area contributed by atoms with Crippen molar-refractivity contribution in [2.24, 2.45) is 5.73 Å². The fraction of sp³-hybridized carbons (Fsp3) is 0.105. The molecule has 0 bridgehead atoms. The first-order valence-corrected chi connectivity index (χ1v) is 8.90. The topological polar surface area (TPSA) is 137 Å². The monoisotopic (exact) mass is 398 g/mol. The molecule has 1 atom stereocenters. The molecule has 9 heteroatoms. The van der Waals surface area contributed by atoms with Crippen LogP contribution >= 0.6 is 11.3 Å². The van der Waals surface area contributed by atoms with Crippen LogP contribution in [0.4, 0.5) is 0 Å². The summed E-state index contributed by atoms with van der Waals surface area (Å²) in [4.78, 5) is 50.6. The van der Waals surface area contributed by atoms with Gasteiger partial charge in [0.25, 0.3) is 4.74 Å². The molecule has 0 saturated carbocycles. The van der Waals surface area contributed by atoms with Gasteiger partial charge < -0.3 is 15.6 Å². The molecule has 0 fully saturated rings. The highest BCUT2D eigenvalue weighted by Crippen LogP contribution is 2.29. The average Bonchev–Trinajstić information content (AvgIpc) is 2.78. The summed E-state index contributed by atoms with van der Waals surface area (Å²) in [6.45, 7) is 0. The van der Waals surface area contributed by atoms with E-state index in [4.69, 9.17) is 15.6 Å². The maximum Gasteiger partial charge on any atom is 0.328 e. The van der Waals surface area contributed by atoms with Crippen LogP contribution in [-0.2, 0) is 9.59 Å². The fourth-order valence-electron chi connectivity index (χ4n) is 2.48. The van der Waals surface area contributed by atoms with Crippen LogP contribution in [0.3, 0.4) is 0 Å². The molecule has 0 spiro atoms. The van der Waals surface area contributed by atoms with Gasteiger partial charge in [-0.1, -0.05) is 41.7 Å². The minimum atomic E-state index is -1.33. The lowest BCUT2D eigenvalue weighted by atomic mass is 10.1. The zero-order valence-electron chi connectivity index (χ0n) is 14.3. The zero-order valence-corrected chi connectivity index (χ0v) is 15.1. The van der Waals surface area contributed by atoms with E-state index in [0.29, 0.717) is 32.7 Å². The number of carboxylic acid groups (broad SMARTS) is 1. The third-order valence-corrected chi connectivity index (χ3v) is 4.68. The summed E-state index contributed by atoms with van der Waals surface area (Å²) in [7, 11) is 0. The van der Waals surface area contributed by atoms with Gasteiger partial charge in [0.05, 0.1) is 12.1 Å². The summed E-state index contributed by atoms with van der Waals surface area (Å²) < 4.78 is 4.73. The normalized spacial score (nSPS) is 11.8. The van der Waals surface area contributed by atoms with Crippen LogP contribution in [0.15, 0.2) is 58.1 Å². The minimum absolute atomic E-state index is 0.0756. The van der Waals surface area contributed by atoms with Crippen molar-refractivity contribution >= 4 is 33.4 Å². The van der Waals surface area contributed by atoms with Gasteiger partial charge in [0.1, 0.15) is 11.8 Å². The Balaban J connectivity index is 2.09. The van der Waals surface area contributed by atoms with Crippen LogP contribution in [-0.4, -0.2) is 28.1 Å². The Labute approximate surface area is 161 Å². The number of aliphatic carboxylic acids is 1. The number of hydrogen-bond donors (Lipinski definition) is 2. The van der Waals surface area contributed by atoms with Crippen molar-refractivity contribution in [2.45, 2.75) is 12.5 Å². The molecule has 0 radical (unpaired) electrons. The first kappa shape index (κ1) is 19.3. The van der Waals surface area contributed by atoms with E-state index in [2.05, 4.69) is 4.98 Å². The maximum atomic E-state index is 12.0. The second-order valence-electron chi connectivity index (χ2n) is 5.80. The number of hydrogen-bond acceptors (Lipinski definition) is 8. The van der Waals surface area contributed by atoms with E-state index >= 15 is 0 Å². The van der Waals surface area contributed by atoms with Crippen LogP contribution in [0.2, 0.25) is 0 Å². The number of aromatic nitrogens is 1. The van der Waals surface area contributed by atoms with Crippen molar-refractivity contribution in [3.05, 3.63) is 68.4 Å². The van der Waals surface area contributed by atoms with Crippen LogP contribution in [0, 0.1) is 0 Å². The summed E-state index contributed by atoms with van der Waals surface area (Å²) in [5.74, 6) is -2.07. The van der Waals surface area contributed by atoms with Gasteiger partial charge in [-0.15, -0.1) is 0 Å². The molecule has 8 nitrogen and oxygen atoms in total. The molecule has 0 aliphatic heterocycles. The highest BCUT2D eigenvalue weighted by molar-refractivity contribution is 7.16. The third-order valence-electron chi connectivity index (χ3n) is 3.76. The molecular weight excluding hydrogens is 384 g/mol. The van der Waals surface area contributed by atoms with Gasteiger partial charge in [0.2, 0.25) is 0 Å². The minimum Gasteiger partial charge on any atom is -0.481 e. The van der Waals surface area contributed by atoms with E-state index in [1.807, 2.05) is 6.07 Å². The number of fused-ring (bicyclic) bond motifs is 1. The van der Waals surface area contributed by atoms with Crippen molar-refractivity contribution in [2.75, 3.05) is 0 Å². The Morgan fingerprint density at radius 2 is 1.86 bits per heavy atom. The number of rotatable bonds is 5. The molecule has 3 N–H and O–H groups in total. The van der Waals surface area contributed by atoms with Crippen LogP contribution in [0.5, 0.6) is 5.75 Å². The Bertz CT molecular complexity index is 1180. The van der Waals surface area contributed by atoms with Crippen LogP contribution in [0.25, 0.3) is 21.3 Å². The Hall–Kier alpha value is -3.43. The van der Waals surface area contributed by atoms with Crippen molar-refractivity contribution in [3.8, 4) is 17.0 Å². The summed E-state index contributed by atoms with van der Waals surface area (Å²) in [5, 5.41) is 9.24. The van der Waals surface area contributed by atoms with Gasteiger partial charge in [-0.2, -0.15) is 0 Å². The number of carboxylic acids is 1. The Kier molecular flexibility index (Phi) is 5.57. The summed E-state index contributed by atoms with van der Waals surface area (Å²) in [6.07, 6.45) is -0.573. The van der Waals surface area contributed by atoms with Gasteiger partial charge in [0, 0.05) is 15.6 Å². The van der Waals surface area contributed by atoms with Gasteiger partial charge in [-0.25, -0.2) is 9.78 Å². The lowest BCUT2D eigenvalue weighted by Gasteiger charge is -2.09. The molecule has 28 heavy (non-hydrogen) atoms. The van der Waals surface area contributed by atoms with Gasteiger partial charge in [-0.05, 0) is 18.2 Å². The molecule has 2 aromatic carbocycles.